The molecule has 1 aliphatic heterocycles. The summed E-state index contributed by atoms with van der Waals surface area (Å²) in [4.78, 5) is 13.7. The van der Waals surface area contributed by atoms with E-state index in [4.69, 9.17) is 15.2 Å². The molecule has 1 amide bonds. The van der Waals surface area contributed by atoms with Crippen molar-refractivity contribution in [2.75, 3.05) is 32.9 Å². The van der Waals surface area contributed by atoms with E-state index in [1.807, 2.05) is 13.8 Å². The first-order valence-corrected chi connectivity index (χ1v) is 5.36. The molecule has 1 saturated heterocycles. The molecule has 1 fully saturated rings. The number of carbonyl (C=O) groups excluding carboxylic acids is 1. The van der Waals surface area contributed by atoms with Crippen LogP contribution in [-0.2, 0) is 14.3 Å². The smallest absolute Gasteiger partial charge is 0.254 e. The van der Waals surface area contributed by atoms with E-state index in [0.717, 1.165) is 0 Å². The summed E-state index contributed by atoms with van der Waals surface area (Å²) >= 11 is 0. The Balaban J connectivity index is 2.53. The van der Waals surface area contributed by atoms with Crippen LogP contribution in [0.15, 0.2) is 0 Å². The van der Waals surface area contributed by atoms with Crippen LogP contribution in [0.2, 0.25) is 0 Å². The molecule has 0 saturated carbocycles. The van der Waals surface area contributed by atoms with E-state index in [9.17, 15) is 4.79 Å². The molecule has 5 nitrogen and oxygen atoms in total. The Morgan fingerprint density at radius 2 is 2.27 bits per heavy atom. The van der Waals surface area contributed by atoms with Crippen LogP contribution in [0.5, 0.6) is 0 Å². The normalized spacial score (nSPS) is 21.7. The highest BCUT2D eigenvalue weighted by molar-refractivity contribution is 5.81. The third-order valence-corrected chi connectivity index (χ3v) is 2.37. The Morgan fingerprint density at radius 3 is 2.73 bits per heavy atom. The topological polar surface area (TPSA) is 64.8 Å². The molecule has 5 heteroatoms. The van der Waals surface area contributed by atoms with Crippen LogP contribution in [0.1, 0.15) is 13.8 Å². The van der Waals surface area contributed by atoms with Gasteiger partial charge in [0.15, 0.2) is 6.10 Å². The standard InChI is InChI=1S/C10H20N2O3/c1-8(2)12(4-3-11)10(13)9-7-14-5-6-15-9/h8-9H,3-7,11H2,1-2H3. The van der Waals surface area contributed by atoms with Gasteiger partial charge in [0, 0.05) is 19.1 Å². The fourth-order valence-electron chi connectivity index (χ4n) is 1.58. The van der Waals surface area contributed by atoms with Crippen molar-refractivity contribution in [3.05, 3.63) is 0 Å². The van der Waals surface area contributed by atoms with E-state index in [-0.39, 0.29) is 11.9 Å². The lowest BCUT2D eigenvalue weighted by atomic mass is 10.2. The molecule has 1 aliphatic rings. The second kappa shape index (κ2) is 6.05. The van der Waals surface area contributed by atoms with Crippen LogP contribution < -0.4 is 5.73 Å². The molecule has 0 radical (unpaired) electrons. The fraction of sp³-hybridized carbons (Fsp3) is 0.900. The van der Waals surface area contributed by atoms with Gasteiger partial charge in [-0.2, -0.15) is 0 Å². The molecule has 0 spiro atoms. The third-order valence-electron chi connectivity index (χ3n) is 2.37. The van der Waals surface area contributed by atoms with E-state index in [0.29, 0.717) is 32.9 Å². The van der Waals surface area contributed by atoms with Crippen molar-refractivity contribution in [3.8, 4) is 0 Å². The number of carbonyl (C=O) groups is 1. The lowest BCUT2D eigenvalue weighted by Crippen LogP contribution is -2.49. The van der Waals surface area contributed by atoms with Gasteiger partial charge in [-0.05, 0) is 13.8 Å². The van der Waals surface area contributed by atoms with Crippen LogP contribution in [0, 0.1) is 0 Å². The van der Waals surface area contributed by atoms with Gasteiger partial charge in [0.1, 0.15) is 0 Å². The van der Waals surface area contributed by atoms with Gasteiger partial charge in [-0.25, -0.2) is 0 Å². The Kier molecular flexibility index (Phi) is 5.01. The minimum absolute atomic E-state index is 0.0184. The average Bonchev–Trinajstić information content (AvgIpc) is 2.26. The molecule has 88 valence electrons. The summed E-state index contributed by atoms with van der Waals surface area (Å²) < 4.78 is 10.6. The predicted molar refractivity (Wildman–Crippen MR) is 56.5 cm³/mol. The molecule has 0 aromatic heterocycles. The fourth-order valence-corrected chi connectivity index (χ4v) is 1.58. The first-order valence-electron chi connectivity index (χ1n) is 5.36. The summed E-state index contributed by atoms with van der Waals surface area (Å²) in [6, 6.07) is 0.145. The second-order valence-corrected chi connectivity index (χ2v) is 3.85. The van der Waals surface area contributed by atoms with Crippen molar-refractivity contribution >= 4 is 5.91 Å². The number of hydrogen-bond donors (Lipinski definition) is 1. The molecule has 2 N–H and O–H groups in total. The van der Waals surface area contributed by atoms with Gasteiger partial charge in [0.25, 0.3) is 5.91 Å². The Bertz CT molecular complexity index is 203. The molecule has 0 aliphatic carbocycles. The maximum atomic E-state index is 12.0. The minimum Gasteiger partial charge on any atom is -0.376 e. The van der Waals surface area contributed by atoms with Gasteiger partial charge >= 0.3 is 0 Å². The molecule has 1 rings (SSSR count). The summed E-state index contributed by atoms with van der Waals surface area (Å²) in [6.07, 6.45) is -0.451. The predicted octanol–water partition coefficient (Wildman–Crippen LogP) is -0.402. The van der Waals surface area contributed by atoms with E-state index in [1.54, 1.807) is 4.90 Å². The van der Waals surface area contributed by atoms with Crippen molar-refractivity contribution in [2.45, 2.75) is 26.0 Å². The van der Waals surface area contributed by atoms with Crippen molar-refractivity contribution in [1.82, 2.24) is 4.90 Å². The van der Waals surface area contributed by atoms with Gasteiger partial charge in [0.2, 0.25) is 0 Å². The van der Waals surface area contributed by atoms with Crippen LogP contribution in [0.3, 0.4) is 0 Å². The highest BCUT2D eigenvalue weighted by Gasteiger charge is 2.28. The summed E-state index contributed by atoms with van der Waals surface area (Å²) in [5, 5.41) is 0. The Morgan fingerprint density at radius 1 is 1.53 bits per heavy atom. The number of hydrogen-bond acceptors (Lipinski definition) is 4. The number of ether oxygens (including phenoxy) is 2. The number of amides is 1. The zero-order valence-corrected chi connectivity index (χ0v) is 9.44. The molecule has 1 heterocycles. The number of nitrogens with two attached hydrogens (primary N) is 1. The molecule has 0 bridgehead atoms. The van der Waals surface area contributed by atoms with Crippen molar-refractivity contribution < 1.29 is 14.3 Å². The molecule has 15 heavy (non-hydrogen) atoms. The average molecular weight is 216 g/mol. The first-order chi connectivity index (χ1) is 7.16. The zero-order chi connectivity index (χ0) is 11.3. The van der Waals surface area contributed by atoms with Crippen molar-refractivity contribution in [1.29, 1.82) is 0 Å². The third kappa shape index (κ3) is 3.44. The summed E-state index contributed by atoms with van der Waals surface area (Å²) in [5.41, 5.74) is 5.47. The van der Waals surface area contributed by atoms with E-state index in [1.165, 1.54) is 0 Å². The van der Waals surface area contributed by atoms with Crippen LogP contribution in [-0.4, -0.2) is 55.9 Å². The number of rotatable bonds is 4. The van der Waals surface area contributed by atoms with E-state index in [2.05, 4.69) is 0 Å². The maximum Gasteiger partial charge on any atom is 0.254 e. The summed E-state index contributed by atoms with van der Waals surface area (Å²) in [5.74, 6) is -0.0184. The Hall–Kier alpha value is -0.650. The van der Waals surface area contributed by atoms with Gasteiger partial charge in [-0.15, -0.1) is 0 Å². The lowest BCUT2D eigenvalue weighted by molar-refractivity contribution is -0.159. The SMILES string of the molecule is CC(C)N(CCN)C(=O)C1COCCO1. The largest absolute Gasteiger partial charge is 0.376 e. The number of nitrogens with zero attached hydrogens (tertiary/aromatic N) is 1. The van der Waals surface area contributed by atoms with Crippen molar-refractivity contribution in [3.63, 3.8) is 0 Å². The second-order valence-electron chi connectivity index (χ2n) is 3.85. The van der Waals surface area contributed by atoms with Crippen LogP contribution in [0.4, 0.5) is 0 Å². The molecular weight excluding hydrogens is 196 g/mol. The summed E-state index contributed by atoms with van der Waals surface area (Å²) in [7, 11) is 0. The minimum atomic E-state index is -0.451. The van der Waals surface area contributed by atoms with Gasteiger partial charge in [-0.1, -0.05) is 0 Å². The molecule has 0 aromatic carbocycles. The highest BCUT2D eigenvalue weighted by Crippen LogP contribution is 2.08. The van der Waals surface area contributed by atoms with E-state index < -0.39 is 6.10 Å². The summed E-state index contributed by atoms with van der Waals surface area (Å²) in [6.45, 7) is 6.39. The quantitative estimate of drug-likeness (QED) is 0.694. The van der Waals surface area contributed by atoms with E-state index >= 15 is 0 Å². The molecule has 0 aromatic rings. The monoisotopic (exact) mass is 216 g/mol. The van der Waals surface area contributed by atoms with Gasteiger partial charge in [-0.3, -0.25) is 4.79 Å². The zero-order valence-electron chi connectivity index (χ0n) is 9.44. The maximum absolute atomic E-state index is 12.0. The molecule has 1 atom stereocenters. The lowest BCUT2D eigenvalue weighted by Gasteiger charge is -2.31. The van der Waals surface area contributed by atoms with Crippen LogP contribution >= 0.6 is 0 Å². The Labute approximate surface area is 90.5 Å². The molecule has 1 unspecified atom stereocenters. The van der Waals surface area contributed by atoms with Crippen LogP contribution in [0.25, 0.3) is 0 Å². The van der Waals surface area contributed by atoms with Crippen molar-refractivity contribution in [2.24, 2.45) is 5.73 Å². The molecular formula is C10H20N2O3. The first kappa shape index (κ1) is 12.4. The van der Waals surface area contributed by atoms with Gasteiger partial charge < -0.3 is 20.1 Å². The van der Waals surface area contributed by atoms with Gasteiger partial charge in [0.05, 0.1) is 19.8 Å². The highest BCUT2D eigenvalue weighted by atomic mass is 16.6.